The maximum absolute atomic E-state index is 11.5. The number of carboxylic acids is 1. The molecule has 0 aliphatic rings. The number of aromatic carboxylic acids is 1. The molecule has 8 heteroatoms. The third-order valence-electron chi connectivity index (χ3n) is 2.57. The maximum atomic E-state index is 11.5. The first-order valence-electron chi connectivity index (χ1n) is 5.91. The number of hydrogen-bond acceptors (Lipinski definition) is 5. The summed E-state index contributed by atoms with van der Waals surface area (Å²) >= 11 is 1.11. The second kappa shape index (κ2) is 6.23. The Hall–Kier alpha value is -2.61. The van der Waals surface area contributed by atoms with Gasteiger partial charge in [-0.25, -0.2) is 9.59 Å². The van der Waals surface area contributed by atoms with Crippen molar-refractivity contribution >= 4 is 28.4 Å². The maximum Gasteiger partial charge on any atom is 0.412 e. The van der Waals surface area contributed by atoms with Gasteiger partial charge >= 0.3 is 12.1 Å². The molecule has 2 aromatic rings. The minimum Gasteiger partial charge on any atom is -0.478 e. The van der Waals surface area contributed by atoms with E-state index in [1.165, 1.54) is 6.08 Å². The van der Waals surface area contributed by atoms with Crippen molar-refractivity contribution in [1.29, 1.82) is 0 Å². The minimum atomic E-state index is -1.13. The van der Waals surface area contributed by atoms with Crippen LogP contribution in [0.15, 0.2) is 30.4 Å². The minimum absolute atomic E-state index is 0.0172. The average Bonchev–Trinajstić information content (AvgIpc) is 3.02. The van der Waals surface area contributed by atoms with Crippen LogP contribution in [-0.4, -0.2) is 33.6 Å². The number of hydrogen-bond donors (Lipinski definition) is 2. The molecule has 0 spiro atoms. The summed E-state index contributed by atoms with van der Waals surface area (Å²) in [5.74, 6) is -1.13. The van der Waals surface area contributed by atoms with Crippen molar-refractivity contribution in [3.8, 4) is 11.1 Å². The first-order chi connectivity index (χ1) is 10.0. The molecule has 2 rings (SSSR count). The Morgan fingerprint density at radius 2 is 2.38 bits per heavy atom. The molecular formula is C13H13N3O4S. The Bertz CT molecular complexity index is 689. The number of ether oxygens (including phenoxy) is 1. The van der Waals surface area contributed by atoms with Gasteiger partial charge in [0.2, 0.25) is 0 Å². The summed E-state index contributed by atoms with van der Waals surface area (Å²) in [6, 6.07) is 0. The van der Waals surface area contributed by atoms with Crippen molar-refractivity contribution in [3.05, 3.63) is 36.0 Å². The van der Waals surface area contributed by atoms with E-state index >= 15 is 0 Å². The van der Waals surface area contributed by atoms with Crippen LogP contribution in [-0.2, 0) is 11.8 Å². The molecule has 0 fully saturated rings. The first-order valence-corrected chi connectivity index (χ1v) is 6.79. The third kappa shape index (κ3) is 3.29. The second-order valence-electron chi connectivity index (χ2n) is 4.07. The Labute approximate surface area is 124 Å². The predicted octanol–water partition coefficient (Wildman–Crippen LogP) is 2.58. The van der Waals surface area contributed by atoms with Gasteiger partial charge in [-0.2, -0.15) is 5.10 Å². The number of amides is 1. The highest BCUT2D eigenvalue weighted by atomic mass is 32.1. The molecule has 0 unspecified atom stereocenters. The Morgan fingerprint density at radius 3 is 2.95 bits per heavy atom. The van der Waals surface area contributed by atoms with E-state index in [1.54, 1.807) is 29.5 Å². The van der Waals surface area contributed by atoms with E-state index in [4.69, 9.17) is 4.74 Å². The Balaban J connectivity index is 2.31. The number of aromatic nitrogens is 2. The molecule has 0 saturated carbocycles. The zero-order valence-corrected chi connectivity index (χ0v) is 12.0. The molecule has 1 amide bonds. The normalized spacial score (nSPS) is 10.1. The van der Waals surface area contributed by atoms with Gasteiger partial charge in [-0.15, -0.1) is 11.3 Å². The highest BCUT2D eigenvalue weighted by Crippen LogP contribution is 2.35. The summed E-state index contributed by atoms with van der Waals surface area (Å²) in [5.41, 5.74) is 1.18. The lowest BCUT2D eigenvalue weighted by molar-refractivity contribution is 0.0699. The Kier molecular flexibility index (Phi) is 4.39. The number of aryl methyl sites for hydroxylation is 1. The molecule has 0 aliphatic carbocycles. The Morgan fingerprint density at radius 1 is 1.62 bits per heavy atom. The third-order valence-corrected chi connectivity index (χ3v) is 3.46. The predicted molar refractivity (Wildman–Crippen MR) is 78.6 cm³/mol. The fourth-order valence-electron chi connectivity index (χ4n) is 1.70. The molecule has 21 heavy (non-hydrogen) atoms. The van der Waals surface area contributed by atoms with Crippen LogP contribution in [0.2, 0.25) is 0 Å². The zero-order chi connectivity index (χ0) is 15.4. The first kappa shape index (κ1) is 14.8. The van der Waals surface area contributed by atoms with Crippen molar-refractivity contribution in [2.75, 3.05) is 11.9 Å². The summed E-state index contributed by atoms with van der Waals surface area (Å²) in [6.45, 7) is 3.48. The molecule has 0 atom stereocenters. The van der Waals surface area contributed by atoms with Gasteiger partial charge in [-0.3, -0.25) is 10.00 Å². The van der Waals surface area contributed by atoms with Gasteiger partial charge in [0.15, 0.2) is 0 Å². The summed E-state index contributed by atoms with van der Waals surface area (Å²) in [5, 5.41) is 17.7. The van der Waals surface area contributed by atoms with Gasteiger partial charge in [0.1, 0.15) is 17.2 Å². The fraction of sp³-hybridized carbons (Fsp3) is 0.154. The summed E-state index contributed by atoms with van der Waals surface area (Å²) in [4.78, 5) is 23.0. The molecule has 110 valence electrons. The molecule has 0 bridgehead atoms. The molecule has 0 aliphatic heterocycles. The number of anilines is 1. The molecular weight excluding hydrogens is 294 g/mol. The largest absolute Gasteiger partial charge is 0.478 e. The van der Waals surface area contributed by atoms with Gasteiger partial charge in [-0.05, 0) is 0 Å². The van der Waals surface area contributed by atoms with Gasteiger partial charge in [0.25, 0.3) is 0 Å². The van der Waals surface area contributed by atoms with Crippen molar-refractivity contribution in [1.82, 2.24) is 9.78 Å². The van der Waals surface area contributed by atoms with Crippen LogP contribution < -0.4 is 5.32 Å². The van der Waals surface area contributed by atoms with Gasteiger partial charge in [0, 0.05) is 29.8 Å². The second-order valence-corrected chi connectivity index (χ2v) is 4.95. The van der Waals surface area contributed by atoms with Crippen LogP contribution in [0.4, 0.5) is 9.80 Å². The highest BCUT2D eigenvalue weighted by Gasteiger charge is 2.22. The standard InChI is InChI=1S/C13H13N3O4S/c1-3-4-20-13(19)15-11-10(12(17)18)9(7-21-11)8-5-14-16(2)6-8/h3,5-7H,1,4H2,2H3,(H,15,19)(H,17,18). The van der Waals surface area contributed by atoms with E-state index in [0.29, 0.717) is 11.1 Å². The van der Waals surface area contributed by atoms with E-state index in [-0.39, 0.29) is 17.2 Å². The van der Waals surface area contributed by atoms with Gasteiger partial charge in [-0.1, -0.05) is 12.7 Å². The molecule has 0 aromatic carbocycles. The number of carbonyl (C=O) groups is 2. The number of nitrogens with one attached hydrogen (secondary N) is 1. The molecule has 0 radical (unpaired) electrons. The number of rotatable bonds is 5. The quantitative estimate of drug-likeness (QED) is 0.828. The molecule has 2 aromatic heterocycles. The smallest absolute Gasteiger partial charge is 0.412 e. The van der Waals surface area contributed by atoms with E-state index < -0.39 is 12.1 Å². The van der Waals surface area contributed by atoms with Crippen LogP contribution in [0.25, 0.3) is 11.1 Å². The van der Waals surface area contributed by atoms with Crippen LogP contribution in [0.3, 0.4) is 0 Å². The lowest BCUT2D eigenvalue weighted by Gasteiger charge is -2.05. The van der Waals surface area contributed by atoms with E-state index in [0.717, 1.165) is 11.3 Å². The number of nitrogens with zero attached hydrogens (tertiary/aromatic N) is 2. The summed E-state index contributed by atoms with van der Waals surface area (Å²) in [7, 11) is 1.74. The van der Waals surface area contributed by atoms with Crippen LogP contribution in [0, 0.1) is 0 Å². The van der Waals surface area contributed by atoms with Crippen molar-refractivity contribution in [2.45, 2.75) is 0 Å². The van der Waals surface area contributed by atoms with E-state index in [2.05, 4.69) is 17.0 Å². The van der Waals surface area contributed by atoms with Crippen LogP contribution in [0.5, 0.6) is 0 Å². The lowest BCUT2D eigenvalue weighted by Crippen LogP contribution is -2.14. The molecule has 7 nitrogen and oxygen atoms in total. The van der Waals surface area contributed by atoms with Crippen LogP contribution >= 0.6 is 11.3 Å². The SMILES string of the molecule is C=CCOC(=O)Nc1scc(-c2cnn(C)c2)c1C(=O)O. The molecule has 0 saturated heterocycles. The molecule has 2 heterocycles. The monoisotopic (exact) mass is 307 g/mol. The van der Waals surface area contributed by atoms with E-state index in [9.17, 15) is 14.7 Å². The number of carboxylic acid groups (broad SMARTS) is 1. The highest BCUT2D eigenvalue weighted by molar-refractivity contribution is 7.15. The number of carbonyl (C=O) groups excluding carboxylic acids is 1. The number of thiophene rings is 1. The van der Waals surface area contributed by atoms with Crippen molar-refractivity contribution in [3.63, 3.8) is 0 Å². The molecule has 2 N–H and O–H groups in total. The van der Waals surface area contributed by atoms with Crippen LogP contribution in [0.1, 0.15) is 10.4 Å². The van der Waals surface area contributed by atoms with Gasteiger partial charge in [0.05, 0.1) is 6.20 Å². The van der Waals surface area contributed by atoms with Gasteiger partial charge < -0.3 is 9.84 Å². The summed E-state index contributed by atoms with van der Waals surface area (Å²) in [6.07, 6.45) is 3.97. The summed E-state index contributed by atoms with van der Waals surface area (Å²) < 4.78 is 6.35. The topological polar surface area (TPSA) is 93.5 Å². The van der Waals surface area contributed by atoms with Crippen molar-refractivity contribution in [2.24, 2.45) is 7.05 Å². The average molecular weight is 307 g/mol. The van der Waals surface area contributed by atoms with E-state index in [1.807, 2.05) is 0 Å². The fourth-order valence-corrected chi connectivity index (χ4v) is 2.65. The van der Waals surface area contributed by atoms with Crippen molar-refractivity contribution < 1.29 is 19.4 Å². The lowest BCUT2D eigenvalue weighted by atomic mass is 10.1. The zero-order valence-electron chi connectivity index (χ0n) is 11.2.